The minimum Gasteiger partial charge on any atom is -0.496 e. The number of rotatable bonds is 4. The largest absolute Gasteiger partial charge is 0.496 e. The maximum Gasteiger partial charge on any atom is 0.328 e. The molecule has 1 unspecified atom stereocenters. The molecule has 6 rings (SSSR count). The number of fused-ring (bicyclic) bond motifs is 6. The maximum atomic E-state index is 13.2. The highest BCUT2D eigenvalue weighted by molar-refractivity contribution is 7.25. The molecule has 2 N–H and O–H groups in total. The van der Waals surface area contributed by atoms with Crippen molar-refractivity contribution in [2.24, 2.45) is 5.92 Å². The normalized spacial score (nSPS) is 21.5. The average molecular weight is 485 g/mol. The van der Waals surface area contributed by atoms with Gasteiger partial charge in [-0.1, -0.05) is 12.1 Å². The minimum absolute atomic E-state index is 0. The van der Waals surface area contributed by atoms with Gasteiger partial charge in [-0.25, -0.2) is 9.78 Å². The number of thiophene rings is 1. The number of H-pyrrole nitrogens is 1. The van der Waals surface area contributed by atoms with E-state index in [0.29, 0.717) is 28.6 Å². The van der Waals surface area contributed by atoms with Crippen LogP contribution in [0.3, 0.4) is 0 Å². The van der Waals surface area contributed by atoms with E-state index in [9.17, 15) is 9.59 Å². The summed E-state index contributed by atoms with van der Waals surface area (Å²) in [7, 11) is 1.73. The van der Waals surface area contributed by atoms with Crippen molar-refractivity contribution in [3.05, 3.63) is 68.5 Å². The molecule has 1 aliphatic heterocycles. The van der Waals surface area contributed by atoms with Gasteiger partial charge in [-0.05, 0) is 61.1 Å². The van der Waals surface area contributed by atoms with Crippen molar-refractivity contribution in [3.63, 3.8) is 0 Å². The third-order valence-electron chi connectivity index (χ3n) is 7.14. The lowest BCUT2D eigenvalue weighted by molar-refractivity contribution is 0.371. The minimum atomic E-state index is -0.355. The Morgan fingerprint density at radius 2 is 2.12 bits per heavy atom. The van der Waals surface area contributed by atoms with Gasteiger partial charge in [0.05, 0.1) is 12.6 Å². The van der Waals surface area contributed by atoms with Crippen LogP contribution in [0.4, 0.5) is 0 Å². The van der Waals surface area contributed by atoms with Crippen LogP contribution in [0.15, 0.2) is 46.1 Å². The van der Waals surface area contributed by atoms with E-state index in [2.05, 4.69) is 27.4 Å². The SMILES string of the molecule is COc1cccc2c1CC[C@H]1CNC(CCn3c(=O)[nH]c4c(sc5ncccc54)c3=O)[C@@H]21.Cl. The summed E-state index contributed by atoms with van der Waals surface area (Å²) >= 11 is 1.34. The number of hydrogen-bond acceptors (Lipinski definition) is 6. The fourth-order valence-corrected chi connectivity index (χ4v) is 6.72. The number of nitrogens with zero attached hydrogens (tertiary/aromatic N) is 2. The zero-order valence-corrected chi connectivity index (χ0v) is 19.8. The summed E-state index contributed by atoms with van der Waals surface area (Å²) in [5.41, 5.74) is 2.66. The molecule has 4 aromatic rings. The first-order chi connectivity index (χ1) is 15.7. The van der Waals surface area contributed by atoms with Gasteiger partial charge in [-0.15, -0.1) is 23.7 Å². The summed E-state index contributed by atoms with van der Waals surface area (Å²) in [5.74, 6) is 1.91. The van der Waals surface area contributed by atoms with Crippen LogP contribution in [0.2, 0.25) is 0 Å². The topological polar surface area (TPSA) is 89.0 Å². The summed E-state index contributed by atoms with van der Waals surface area (Å²) in [6.45, 7) is 1.35. The van der Waals surface area contributed by atoms with Crippen molar-refractivity contribution in [2.75, 3.05) is 13.7 Å². The number of methoxy groups -OCH3 is 1. The molecule has 1 fully saturated rings. The van der Waals surface area contributed by atoms with Crippen LogP contribution < -0.4 is 21.3 Å². The molecule has 172 valence electrons. The van der Waals surface area contributed by atoms with Crippen molar-refractivity contribution in [3.8, 4) is 5.75 Å². The molecule has 33 heavy (non-hydrogen) atoms. The monoisotopic (exact) mass is 484 g/mol. The van der Waals surface area contributed by atoms with Gasteiger partial charge < -0.3 is 15.0 Å². The lowest BCUT2D eigenvalue weighted by Crippen LogP contribution is -2.37. The zero-order chi connectivity index (χ0) is 21.8. The van der Waals surface area contributed by atoms with E-state index >= 15 is 0 Å². The lowest BCUT2D eigenvalue weighted by Gasteiger charge is -2.32. The van der Waals surface area contributed by atoms with E-state index in [4.69, 9.17) is 4.74 Å². The number of nitrogens with one attached hydrogen (secondary N) is 2. The van der Waals surface area contributed by atoms with Crippen LogP contribution in [0.5, 0.6) is 5.75 Å². The Kier molecular flexibility index (Phi) is 5.76. The van der Waals surface area contributed by atoms with E-state index < -0.39 is 0 Å². The Hall–Kier alpha value is -2.68. The molecule has 2 aliphatic rings. The predicted molar refractivity (Wildman–Crippen MR) is 133 cm³/mol. The van der Waals surface area contributed by atoms with E-state index in [1.54, 1.807) is 13.3 Å². The Morgan fingerprint density at radius 1 is 1.24 bits per heavy atom. The van der Waals surface area contributed by atoms with Crippen LogP contribution >= 0.6 is 23.7 Å². The van der Waals surface area contributed by atoms with E-state index in [1.807, 2.05) is 18.2 Å². The number of aromatic amines is 1. The van der Waals surface area contributed by atoms with Crippen LogP contribution in [-0.2, 0) is 13.0 Å². The number of halogens is 1. The summed E-state index contributed by atoms with van der Waals surface area (Å²) in [6.07, 6.45) is 4.58. The van der Waals surface area contributed by atoms with E-state index in [1.165, 1.54) is 27.0 Å². The van der Waals surface area contributed by atoms with Gasteiger partial charge in [0.25, 0.3) is 5.56 Å². The first-order valence-electron chi connectivity index (χ1n) is 11.0. The molecule has 1 saturated heterocycles. The first kappa shape index (κ1) is 22.1. The molecule has 0 saturated carbocycles. The maximum absolute atomic E-state index is 13.2. The molecular formula is C24H25ClN4O3S. The lowest BCUT2D eigenvalue weighted by atomic mass is 9.73. The highest BCUT2D eigenvalue weighted by Crippen LogP contribution is 2.45. The number of ether oxygens (including phenoxy) is 1. The molecular weight excluding hydrogens is 460 g/mol. The Bertz CT molecular complexity index is 1460. The summed E-state index contributed by atoms with van der Waals surface area (Å²) in [6, 6.07) is 10.2. The molecule has 0 amide bonds. The van der Waals surface area contributed by atoms with Gasteiger partial charge >= 0.3 is 5.69 Å². The van der Waals surface area contributed by atoms with E-state index in [0.717, 1.165) is 41.8 Å². The molecule has 0 bridgehead atoms. The zero-order valence-electron chi connectivity index (χ0n) is 18.2. The molecule has 0 radical (unpaired) electrons. The second kappa shape index (κ2) is 8.59. The Balaban J connectivity index is 0.00000228. The number of pyridine rings is 1. The van der Waals surface area contributed by atoms with E-state index in [-0.39, 0.29) is 29.7 Å². The summed E-state index contributed by atoms with van der Waals surface area (Å²) in [5, 5.41) is 4.49. The third kappa shape index (κ3) is 3.48. The second-order valence-corrected chi connectivity index (χ2v) is 9.70. The highest BCUT2D eigenvalue weighted by atomic mass is 35.5. The third-order valence-corrected chi connectivity index (χ3v) is 8.25. The average Bonchev–Trinajstić information content (AvgIpc) is 3.40. The fraction of sp³-hybridized carbons (Fsp3) is 0.375. The van der Waals surface area contributed by atoms with Crippen molar-refractivity contribution in [1.29, 1.82) is 0 Å². The molecule has 1 aromatic carbocycles. The van der Waals surface area contributed by atoms with Gasteiger partial charge in [0.2, 0.25) is 0 Å². The predicted octanol–water partition coefficient (Wildman–Crippen LogP) is 3.44. The number of benzene rings is 1. The first-order valence-corrected chi connectivity index (χ1v) is 11.9. The van der Waals surface area contributed by atoms with Crippen LogP contribution in [0, 0.1) is 5.92 Å². The van der Waals surface area contributed by atoms with Crippen molar-refractivity contribution < 1.29 is 4.74 Å². The molecule has 3 aromatic heterocycles. The molecule has 3 atom stereocenters. The van der Waals surface area contributed by atoms with Gasteiger partial charge in [-0.2, -0.15) is 0 Å². The van der Waals surface area contributed by atoms with Crippen LogP contribution in [0.1, 0.15) is 29.9 Å². The molecule has 4 heterocycles. The van der Waals surface area contributed by atoms with Crippen molar-refractivity contribution >= 4 is 44.2 Å². The van der Waals surface area contributed by atoms with Gasteiger partial charge in [-0.3, -0.25) is 9.36 Å². The number of aromatic nitrogens is 3. The number of hydrogen-bond donors (Lipinski definition) is 2. The molecule has 1 aliphatic carbocycles. The molecule has 9 heteroatoms. The van der Waals surface area contributed by atoms with Crippen molar-refractivity contribution in [1.82, 2.24) is 19.9 Å². The smallest absolute Gasteiger partial charge is 0.328 e. The fourth-order valence-electron chi connectivity index (χ4n) is 5.67. The quantitative estimate of drug-likeness (QED) is 0.463. The summed E-state index contributed by atoms with van der Waals surface area (Å²) < 4.78 is 7.52. The highest BCUT2D eigenvalue weighted by Gasteiger charge is 2.40. The molecule has 0 spiro atoms. The van der Waals surface area contributed by atoms with Gasteiger partial charge in [0.15, 0.2) is 0 Å². The Morgan fingerprint density at radius 3 is 2.97 bits per heavy atom. The van der Waals surface area contributed by atoms with Gasteiger partial charge in [0, 0.05) is 30.1 Å². The summed E-state index contributed by atoms with van der Waals surface area (Å²) in [4.78, 5) is 34.0. The standard InChI is InChI=1S/C24H24N4O3S.ClH/c1-31-18-6-2-4-15-14(18)8-7-13-12-26-17(19(13)15)9-11-28-23(29)21-20(27-24(28)30)16-5-3-10-25-22(16)32-21;/h2-6,10,13,17,19,26H,7-9,11-12H2,1H3,(H,27,30);1H/t13-,17?,19+;/m0./s1. The van der Waals surface area contributed by atoms with Crippen molar-refractivity contribution in [2.45, 2.75) is 37.8 Å². The molecule has 7 nitrogen and oxygen atoms in total. The second-order valence-electron chi connectivity index (χ2n) is 8.71. The van der Waals surface area contributed by atoms with Crippen LogP contribution in [0.25, 0.3) is 20.4 Å². The van der Waals surface area contributed by atoms with Gasteiger partial charge in [0.1, 0.15) is 15.3 Å². The Labute approximate surface area is 200 Å². The van der Waals surface area contributed by atoms with Crippen LogP contribution in [-0.4, -0.2) is 34.2 Å².